The minimum atomic E-state index is -3.39. The molecule has 0 N–H and O–H groups in total. The van der Waals surface area contributed by atoms with Crippen LogP contribution >= 0.6 is 0 Å². The molecule has 0 unspecified atom stereocenters. The van der Waals surface area contributed by atoms with Gasteiger partial charge in [-0.25, -0.2) is 8.42 Å². The minimum absolute atomic E-state index is 0.0827. The lowest BCUT2D eigenvalue weighted by Gasteiger charge is -2.32. The van der Waals surface area contributed by atoms with Gasteiger partial charge >= 0.3 is 0 Å². The van der Waals surface area contributed by atoms with E-state index < -0.39 is 10.0 Å². The Kier molecular flexibility index (Phi) is 5.41. The van der Waals surface area contributed by atoms with Crippen molar-refractivity contribution in [1.29, 1.82) is 0 Å². The van der Waals surface area contributed by atoms with E-state index in [2.05, 4.69) is 0 Å². The Labute approximate surface area is 128 Å². The predicted molar refractivity (Wildman–Crippen MR) is 83.6 cm³/mol. The first-order chi connectivity index (χ1) is 9.91. The zero-order valence-corrected chi connectivity index (χ0v) is 13.9. The lowest BCUT2D eigenvalue weighted by molar-refractivity contribution is 0.0656. The molecule has 0 saturated carbocycles. The smallest absolute Gasteiger partial charge is 0.243 e. The summed E-state index contributed by atoms with van der Waals surface area (Å²) in [5.41, 5.74) is 0.898. The van der Waals surface area contributed by atoms with Gasteiger partial charge in [-0.3, -0.25) is 0 Å². The maximum Gasteiger partial charge on any atom is 0.243 e. The van der Waals surface area contributed by atoms with Crippen molar-refractivity contribution in [2.75, 3.05) is 6.54 Å². The van der Waals surface area contributed by atoms with Crippen LogP contribution in [0.3, 0.4) is 0 Å². The van der Waals surface area contributed by atoms with Crippen LogP contribution in [0.15, 0.2) is 29.2 Å². The third-order valence-electron chi connectivity index (χ3n) is 3.83. The predicted octanol–water partition coefficient (Wildman–Crippen LogP) is 3.17. The fourth-order valence-electron chi connectivity index (χ4n) is 2.62. The van der Waals surface area contributed by atoms with Gasteiger partial charge in [-0.2, -0.15) is 4.31 Å². The summed E-state index contributed by atoms with van der Waals surface area (Å²) in [6, 6.07) is 7.19. The second-order valence-electron chi connectivity index (χ2n) is 5.97. The van der Waals surface area contributed by atoms with Gasteiger partial charge in [0.15, 0.2) is 0 Å². The highest BCUT2D eigenvalue weighted by Crippen LogP contribution is 2.25. The maximum absolute atomic E-state index is 12.8. The van der Waals surface area contributed by atoms with Crippen molar-refractivity contribution in [3.8, 4) is 0 Å². The van der Waals surface area contributed by atoms with Crippen LogP contribution < -0.4 is 0 Å². The summed E-state index contributed by atoms with van der Waals surface area (Å²) in [5, 5.41) is 0. The molecule has 0 spiro atoms. The number of piperidine rings is 1. The van der Waals surface area contributed by atoms with Crippen molar-refractivity contribution < 1.29 is 13.2 Å². The molecule has 0 bridgehead atoms. The maximum atomic E-state index is 12.8. The summed E-state index contributed by atoms with van der Waals surface area (Å²) >= 11 is 0. The van der Waals surface area contributed by atoms with E-state index in [1.54, 1.807) is 22.5 Å². The molecule has 0 aromatic heterocycles. The van der Waals surface area contributed by atoms with Crippen molar-refractivity contribution >= 4 is 10.0 Å². The number of hydrogen-bond acceptors (Lipinski definition) is 3. The third kappa shape index (κ3) is 4.05. The van der Waals surface area contributed by atoms with Crippen LogP contribution in [0.2, 0.25) is 0 Å². The summed E-state index contributed by atoms with van der Waals surface area (Å²) in [7, 11) is -3.39. The number of sulfonamides is 1. The number of hydrogen-bond donors (Lipinski definition) is 0. The van der Waals surface area contributed by atoms with Gasteiger partial charge in [0.1, 0.15) is 0 Å². The Morgan fingerprint density at radius 1 is 1.33 bits per heavy atom. The fraction of sp³-hybridized carbons (Fsp3) is 0.625. The normalized spacial score (nSPS) is 20.9. The van der Waals surface area contributed by atoms with E-state index in [1.807, 2.05) is 26.8 Å². The van der Waals surface area contributed by atoms with E-state index in [0.717, 1.165) is 24.8 Å². The quantitative estimate of drug-likeness (QED) is 0.839. The first kappa shape index (κ1) is 16.5. The fourth-order valence-corrected chi connectivity index (χ4v) is 4.39. The molecule has 0 amide bonds. The SMILES string of the molecule is CC(C)OCc1cccc(S(=O)(=O)N2CCCC[C@@H]2C)c1. The Morgan fingerprint density at radius 3 is 2.76 bits per heavy atom. The van der Waals surface area contributed by atoms with Gasteiger partial charge in [-0.1, -0.05) is 18.6 Å². The molecular formula is C16H25NO3S. The molecule has 1 saturated heterocycles. The minimum Gasteiger partial charge on any atom is -0.374 e. The van der Waals surface area contributed by atoms with Gasteiger partial charge in [-0.15, -0.1) is 0 Å². The van der Waals surface area contributed by atoms with Gasteiger partial charge in [0.25, 0.3) is 0 Å². The van der Waals surface area contributed by atoms with Crippen LogP contribution in [0.5, 0.6) is 0 Å². The highest BCUT2D eigenvalue weighted by atomic mass is 32.2. The molecule has 118 valence electrons. The molecule has 1 fully saturated rings. The van der Waals surface area contributed by atoms with E-state index >= 15 is 0 Å². The van der Waals surface area contributed by atoms with Crippen LogP contribution in [-0.4, -0.2) is 31.4 Å². The van der Waals surface area contributed by atoms with Crippen LogP contribution in [0.25, 0.3) is 0 Å². The third-order valence-corrected chi connectivity index (χ3v) is 5.84. The van der Waals surface area contributed by atoms with Crippen LogP contribution in [-0.2, 0) is 21.4 Å². The van der Waals surface area contributed by atoms with Crippen molar-refractivity contribution in [2.45, 2.75) is 63.7 Å². The zero-order valence-electron chi connectivity index (χ0n) is 13.1. The Balaban J connectivity index is 2.21. The van der Waals surface area contributed by atoms with E-state index in [-0.39, 0.29) is 12.1 Å². The number of nitrogens with zero attached hydrogens (tertiary/aromatic N) is 1. The molecule has 0 radical (unpaired) electrons. The molecule has 1 aromatic carbocycles. The molecule has 1 aliphatic rings. The van der Waals surface area contributed by atoms with Gasteiger partial charge in [0.05, 0.1) is 17.6 Å². The second kappa shape index (κ2) is 6.90. The van der Waals surface area contributed by atoms with Gasteiger partial charge in [0, 0.05) is 12.6 Å². The monoisotopic (exact) mass is 311 g/mol. The molecule has 0 aliphatic carbocycles. The molecule has 1 aliphatic heterocycles. The average molecular weight is 311 g/mol. The van der Waals surface area contributed by atoms with Gasteiger partial charge in [-0.05, 0) is 51.3 Å². The van der Waals surface area contributed by atoms with Crippen LogP contribution in [0.1, 0.15) is 45.6 Å². The van der Waals surface area contributed by atoms with Crippen molar-refractivity contribution in [3.63, 3.8) is 0 Å². The molecule has 1 atom stereocenters. The lowest BCUT2D eigenvalue weighted by atomic mass is 10.1. The Hall–Kier alpha value is -0.910. The van der Waals surface area contributed by atoms with E-state index in [4.69, 9.17) is 4.74 Å². The molecular weight excluding hydrogens is 286 g/mol. The zero-order chi connectivity index (χ0) is 15.5. The standard InChI is InChI=1S/C16H25NO3S/c1-13(2)20-12-15-8-6-9-16(11-15)21(18,19)17-10-5-4-7-14(17)3/h6,8-9,11,13-14H,4-5,7,10,12H2,1-3H3/t14-/m0/s1. The lowest BCUT2D eigenvalue weighted by Crippen LogP contribution is -2.41. The topological polar surface area (TPSA) is 46.6 Å². The van der Waals surface area contributed by atoms with E-state index in [0.29, 0.717) is 18.0 Å². The molecule has 1 heterocycles. The first-order valence-corrected chi connectivity index (χ1v) is 9.07. The van der Waals surface area contributed by atoms with Crippen LogP contribution in [0, 0.1) is 0 Å². The van der Waals surface area contributed by atoms with E-state index in [1.165, 1.54) is 0 Å². The number of benzene rings is 1. The Morgan fingerprint density at radius 2 is 2.10 bits per heavy atom. The second-order valence-corrected chi connectivity index (χ2v) is 7.86. The molecule has 1 aromatic rings. The number of ether oxygens (including phenoxy) is 1. The van der Waals surface area contributed by atoms with E-state index in [9.17, 15) is 8.42 Å². The van der Waals surface area contributed by atoms with Crippen molar-refractivity contribution in [3.05, 3.63) is 29.8 Å². The summed E-state index contributed by atoms with van der Waals surface area (Å²) in [6.07, 6.45) is 3.12. The van der Waals surface area contributed by atoms with Crippen molar-refractivity contribution in [1.82, 2.24) is 4.31 Å². The summed E-state index contributed by atoms with van der Waals surface area (Å²) in [5.74, 6) is 0. The molecule has 4 nitrogen and oxygen atoms in total. The molecule has 5 heteroatoms. The molecule has 2 rings (SSSR count). The summed E-state index contributed by atoms with van der Waals surface area (Å²) < 4.78 is 32.7. The van der Waals surface area contributed by atoms with Gasteiger partial charge in [0.2, 0.25) is 10.0 Å². The first-order valence-electron chi connectivity index (χ1n) is 7.63. The largest absolute Gasteiger partial charge is 0.374 e. The van der Waals surface area contributed by atoms with Crippen molar-refractivity contribution in [2.24, 2.45) is 0 Å². The highest BCUT2D eigenvalue weighted by Gasteiger charge is 2.30. The average Bonchev–Trinajstić information content (AvgIpc) is 2.45. The van der Waals surface area contributed by atoms with Crippen LogP contribution in [0.4, 0.5) is 0 Å². The summed E-state index contributed by atoms with van der Waals surface area (Å²) in [6.45, 7) is 6.99. The highest BCUT2D eigenvalue weighted by molar-refractivity contribution is 7.89. The Bertz CT molecular complexity index is 569. The summed E-state index contributed by atoms with van der Waals surface area (Å²) in [4.78, 5) is 0.376. The molecule has 21 heavy (non-hydrogen) atoms. The number of rotatable bonds is 5. The van der Waals surface area contributed by atoms with Gasteiger partial charge < -0.3 is 4.74 Å².